The normalized spacial score (nSPS) is 18.3. The molecule has 0 radical (unpaired) electrons. The maximum atomic E-state index is 12.8. The number of amides is 1. The second-order valence-corrected chi connectivity index (χ2v) is 6.76. The Morgan fingerprint density at radius 2 is 2.16 bits per heavy atom. The minimum Gasteiger partial charge on any atom is -0.464 e. The number of furan rings is 1. The van der Waals surface area contributed by atoms with Gasteiger partial charge in [-0.3, -0.25) is 4.79 Å². The summed E-state index contributed by atoms with van der Waals surface area (Å²) in [7, 11) is 0. The van der Waals surface area contributed by atoms with E-state index in [1.807, 2.05) is 24.0 Å². The van der Waals surface area contributed by atoms with E-state index in [0.29, 0.717) is 18.7 Å². The molecule has 0 N–H and O–H groups in total. The molecule has 3 rings (SSSR count). The van der Waals surface area contributed by atoms with Gasteiger partial charge in [-0.25, -0.2) is 0 Å². The standard InChI is InChI=1S/C19H27N3O3/c1-3-7-17-20-18(25-21-17)11-12-19(23)22-13-6-4-5-8-15(22)16-10-9-14(2)24-16/h9-10,15H,3-8,11-13H2,1-2H3/t15-/m1/s1. The van der Waals surface area contributed by atoms with Gasteiger partial charge in [-0.2, -0.15) is 4.98 Å². The van der Waals surface area contributed by atoms with Gasteiger partial charge in [-0.05, 0) is 38.3 Å². The third-order valence-electron chi connectivity index (χ3n) is 4.70. The van der Waals surface area contributed by atoms with Crippen LogP contribution in [0.5, 0.6) is 0 Å². The first kappa shape index (κ1) is 17.7. The Hall–Kier alpha value is -2.11. The zero-order valence-electron chi connectivity index (χ0n) is 15.2. The first-order valence-electron chi connectivity index (χ1n) is 9.34. The fraction of sp³-hybridized carbons (Fsp3) is 0.632. The minimum atomic E-state index is 0.0436. The number of carbonyl (C=O) groups excluding carboxylic acids is 1. The van der Waals surface area contributed by atoms with Crippen molar-refractivity contribution in [1.29, 1.82) is 0 Å². The van der Waals surface area contributed by atoms with Gasteiger partial charge in [0.25, 0.3) is 0 Å². The van der Waals surface area contributed by atoms with Crippen molar-refractivity contribution in [2.45, 2.75) is 71.3 Å². The van der Waals surface area contributed by atoms with Gasteiger partial charge in [0.15, 0.2) is 5.82 Å². The monoisotopic (exact) mass is 345 g/mol. The van der Waals surface area contributed by atoms with E-state index in [4.69, 9.17) is 8.94 Å². The smallest absolute Gasteiger partial charge is 0.227 e. The van der Waals surface area contributed by atoms with Gasteiger partial charge in [0, 0.05) is 25.8 Å². The zero-order chi connectivity index (χ0) is 17.6. The summed E-state index contributed by atoms with van der Waals surface area (Å²) in [6, 6.07) is 4.01. The number of rotatable bonds is 6. The lowest BCUT2D eigenvalue weighted by Crippen LogP contribution is -2.34. The van der Waals surface area contributed by atoms with Crippen LogP contribution < -0.4 is 0 Å². The van der Waals surface area contributed by atoms with E-state index in [0.717, 1.165) is 62.4 Å². The molecule has 1 saturated heterocycles. The molecule has 1 atom stereocenters. The highest BCUT2D eigenvalue weighted by molar-refractivity contribution is 5.76. The molecule has 1 fully saturated rings. The number of nitrogens with zero attached hydrogens (tertiary/aromatic N) is 3. The summed E-state index contributed by atoms with van der Waals surface area (Å²) in [5.41, 5.74) is 0. The second kappa shape index (κ2) is 8.32. The van der Waals surface area contributed by atoms with E-state index < -0.39 is 0 Å². The van der Waals surface area contributed by atoms with Crippen molar-refractivity contribution in [3.63, 3.8) is 0 Å². The van der Waals surface area contributed by atoms with E-state index in [-0.39, 0.29) is 11.9 Å². The molecule has 0 unspecified atom stereocenters. The first-order chi connectivity index (χ1) is 12.2. The Labute approximate surface area is 148 Å². The number of hydrogen-bond donors (Lipinski definition) is 0. The number of likely N-dealkylation sites (tertiary alicyclic amines) is 1. The molecule has 3 heterocycles. The van der Waals surface area contributed by atoms with Crippen molar-refractivity contribution in [3.05, 3.63) is 35.4 Å². The molecule has 25 heavy (non-hydrogen) atoms. The van der Waals surface area contributed by atoms with E-state index in [2.05, 4.69) is 17.1 Å². The molecule has 0 spiro atoms. The van der Waals surface area contributed by atoms with Crippen LogP contribution in [0.4, 0.5) is 0 Å². The molecule has 6 nitrogen and oxygen atoms in total. The molecule has 0 saturated carbocycles. The van der Waals surface area contributed by atoms with Crippen molar-refractivity contribution < 1.29 is 13.7 Å². The summed E-state index contributed by atoms with van der Waals surface area (Å²) < 4.78 is 11.1. The fourth-order valence-corrected chi connectivity index (χ4v) is 3.41. The predicted octanol–water partition coefficient (Wildman–Crippen LogP) is 4.00. The van der Waals surface area contributed by atoms with Crippen LogP contribution in [0.25, 0.3) is 0 Å². The highest BCUT2D eigenvalue weighted by Crippen LogP contribution is 2.31. The second-order valence-electron chi connectivity index (χ2n) is 6.76. The number of aryl methyl sites for hydroxylation is 3. The van der Waals surface area contributed by atoms with Crippen molar-refractivity contribution in [2.75, 3.05) is 6.54 Å². The molecular weight excluding hydrogens is 318 g/mol. The molecule has 1 aliphatic heterocycles. The largest absolute Gasteiger partial charge is 0.464 e. The van der Waals surface area contributed by atoms with Gasteiger partial charge in [-0.15, -0.1) is 0 Å². The SMILES string of the molecule is CCCc1noc(CCC(=O)N2CCCCC[C@@H]2c2ccc(C)o2)n1. The van der Waals surface area contributed by atoms with E-state index >= 15 is 0 Å². The summed E-state index contributed by atoms with van der Waals surface area (Å²) in [6.45, 7) is 4.80. The fourth-order valence-electron chi connectivity index (χ4n) is 3.41. The summed E-state index contributed by atoms with van der Waals surface area (Å²) in [4.78, 5) is 19.2. The molecule has 1 aliphatic rings. The van der Waals surface area contributed by atoms with Gasteiger partial charge in [0.2, 0.25) is 11.8 Å². The molecular formula is C19H27N3O3. The number of carbonyl (C=O) groups is 1. The maximum Gasteiger partial charge on any atom is 0.227 e. The van der Waals surface area contributed by atoms with Crippen LogP contribution >= 0.6 is 0 Å². The molecule has 6 heteroatoms. The summed E-state index contributed by atoms with van der Waals surface area (Å²) in [6.07, 6.45) is 6.96. The van der Waals surface area contributed by atoms with Gasteiger partial charge in [0.1, 0.15) is 11.5 Å². The van der Waals surface area contributed by atoms with Gasteiger partial charge < -0.3 is 13.8 Å². The molecule has 0 bridgehead atoms. The zero-order valence-corrected chi connectivity index (χ0v) is 15.2. The number of hydrogen-bond acceptors (Lipinski definition) is 5. The molecule has 1 amide bonds. The Kier molecular flexibility index (Phi) is 5.89. The van der Waals surface area contributed by atoms with Crippen LogP contribution in [0.15, 0.2) is 21.1 Å². The maximum absolute atomic E-state index is 12.8. The van der Waals surface area contributed by atoms with E-state index in [1.54, 1.807) is 0 Å². The first-order valence-corrected chi connectivity index (χ1v) is 9.34. The van der Waals surface area contributed by atoms with Gasteiger partial charge in [0.05, 0.1) is 6.04 Å². The van der Waals surface area contributed by atoms with Gasteiger partial charge >= 0.3 is 0 Å². The van der Waals surface area contributed by atoms with Crippen molar-refractivity contribution in [3.8, 4) is 0 Å². The Morgan fingerprint density at radius 3 is 2.92 bits per heavy atom. The average molecular weight is 345 g/mol. The lowest BCUT2D eigenvalue weighted by molar-refractivity contribution is -0.134. The quantitative estimate of drug-likeness (QED) is 0.791. The van der Waals surface area contributed by atoms with Crippen LogP contribution in [0, 0.1) is 6.92 Å². The lowest BCUT2D eigenvalue weighted by Gasteiger charge is -2.28. The predicted molar refractivity (Wildman–Crippen MR) is 93.0 cm³/mol. The number of aromatic nitrogens is 2. The summed E-state index contributed by atoms with van der Waals surface area (Å²) in [5.74, 6) is 3.20. The Balaban J connectivity index is 1.64. The highest BCUT2D eigenvalue weighted by atomic mass is 16.5. The minimum absolute atomic E-state index is 0.0436. The summed E-state index contributed by atoms with van der Waals surface area (Å²) >= 11 is 0. The Morgan fingerprint density at radius 1 is 1.28 bits per heavy atom. The molecule has 0 aliphatic carbocycles. The molecule has 0 aromatic carbocycles. The van der Waals surface area contributed by atoms with Crippen molar-refractivity contribution in [2.24, 2.45) is 0 Å². The van der Waals surface area contributed by atoms with Crippen molar-refractivity contribution >= 4 is 5.91 Å². The van der Waals surface area contributed by atoms with Crippen LogP contribution in [0.2, 0.25) is 0 Å². The molecule has 2 aromatic heterocycles. The van der Waals surface area contributed by atoms with Crippen molar-refractivity contribution in [1.82, 2.24) is 15.0 Å². The topological polar surface area (TPSA) is 72.4 Å². The van der Waals surface area contributed by atoms with Crippen LogP contribution in [0.3, 0.4) is 0 Å². The van der Waals surface area contributed by atoms with Crippen LogP contribution in [-0.2, 0) is 17.6 Å². The third kappa shape index (κ3) is 4.50. The van der Waals surface area contributed by atoms with E-state index in [9.17, 15) is 4.79 Å². The van der Waals surface area contributed by atoms with Crippen LogP contribution in [-0.4, -0.2) is 27.5 Å². The molecule has 136 valence electrons. The van der Waals surface area contributed by atoms with Crippen LogP contribution in [0.1, 0.15) is 74.7 Å². The van der Waals surface area contributed by atoms with Gasteiger partial charge in [-0.1, -0.05) is 24.9 Å². The Bertz CT molecular complexity index is 692. The average Bonchev–Trinajstić information content (AvgIpc) is 3.15. The third-order valence-corrected chi connectivity index (χ3v) is 4.70. The van der Waals surface area contributed by atoms with E-state index in [1.165, 1.54) is 0 Å². The molecule has 2 aromatic rings. The highest BCUT2D eigenvalue weighted by Gasteiger charge is 2.28. The summed E-state index contributed by atoms with van der Waals surface area (Å²) in [5, 5.41) is 3.95. The lowest BCUT2D eigenvalue weighted by atomic mass is 10.1.